The minimum atomic E-state index is 0.0859. The molecule has 1 N–H and O–H groups in total. The summed E-state index contributed by atoms with van der Waals surface area (Å²) in [4.78, 5) is 17.5. The third-order valence-corrected chi connectivity index (χ3v) is 3.87. The van der Waals surface area contributed by atoms with Crippen LogP contribution in [-0.4, -0.2) is 24.5 Å². The lowest BCUT2D eigenvalue weighted by Gasteiger charge is -2.14. The number of nitrogens with zero attached hydrogens (tertiary/aromatic N) is 5. The Morgan fingerprint density at radius 2 is 1.92 bits per heavy atom. The van der Waals surface area contributed by atoms with E-state index in [0.717, 1.165) is 22.4 Å². The lowest BCUT2D eigenvalue weighted by molar-refractivity contribution is 0.858. The van der Waals surface area contributed by atoms with Crippen LogP contribution >= 0.6 is 0 Å². The summed E-state index contributed by atoms with van der Waals surface area (Å²) in [6.45, 7) is 2.07. The maximum Gasteiger partial charge on any atom is 0.159 e. The maximum absolute atomic E-state index is 4.66. The Balaban J connectivity index is 1.64. The van der Waals surface area contributed by atoms with E-state index in [0.29, 0.717) is 5.82 Å². The summed E-state index contributed by atoms with van der Waals surface area (Å²) in [5.41, 5.74) is 3.03. The standard InChI is InChI=1S/C18H16N6/c1-13(14-5-4-8-19-9-14)22-17-10-20-11-18(23-17)24-12-21-15-6-2-3-7-16(15)24/h2-13H,1H3,(H,22,23). The number of imidazole rings is 1. The van der Waals surface area contributed by atoms with Crippen LogP contribution < -0.4 is 5.32 Å². The van der Waals surface area contributed by atoms with Crippen molar-refractivity contribution in [1.82, 2.24) is 24.5 Å². The van der Waals surface area contributed by atoms with Crippen molar-refractivity contribution in [1.29, 1.82) is 0 Å². The van der Waals surface area contributed by atoms with Crippen LogP contribution in [-0.2, 0) is 0 Å². The fourth-order valence-corrected chi connectivity index (χ4v) is 2.62. The number of hydrogen-bond acceptors (Lipinski definition) is 5. The fourth-order valence-electron chi connectivity index (χ4n) is 2.62. The topological polar surface area (TPSA) is 68.5 Å². The molecule has 1 aromatic carbocycles. The van der Waals surface area contributed by atoms with Crippen molar-refractivity contribution in [3.05, 3.63) is 73.1 Å². The SMILES string of the molecule is CC(Nc1cncc(-n2cnc3ccccc32)n1)c1cccnc1. The van der Waals surface area contributed by atoms with Gasteiger partial charge in [-0.1, -0.05) is 18.2 Å². The Kier molecular flexibility index (Phi) is 3.63. The number of para-hydroxylation sites is 2. The Morgan fingerprint density at radius 1 is 1.00 bits per heavy atom. The van der Waals surface area contributed by atoms with Gasteiger partial charge in [-0.15, -0.1) is 0 Å². The molecular weight excluding hydrogens is 300 g/mol. The second-order valence-electron chi connectivity index (χ2n) is 5.52. The van der Waals surface area contributed by atoms with E-state index in [-0.39, 0.29) is 6.04 Å². The van der Waals surface area contributed by atoms with Crippen molar-refractivity contribution < 1.29 is 0 Å². The van der Waals surface area contributed by atoms with Gasteiger partial charge >= 0.3 is 0 Å². The maximum atomic E-state index is 4.66. The summed E-state index contributed by atoms with van der Waals surface area (Å²) in [6, 6.07) is 12.0. The molecule has 0 spiro atoms. The number of benzene rings is 1. The van der Waals surface area contributed by atoms with Gasteiger partial charge in [-0.25, -0.2) is 9.97 Å². The Hall–Kier alpha value is -3.28. The zero-order valence-electron chi connectivity index (χ0n) is 13.2. The number of pyridine rings is 1. The first-order valence-corrected chi connectivity index (χ1v) is 7.72. The average Bonchev–Trinajstić information content (AvgIpc) is 3.07. The molecule has 3 aromatic heterocycles. The number of nitrogens with one attached hydrogen (secondary N) is 1. The van der Waals surface area contributed by atoms with Gasteiger partial charge < -0.3 is 5.32 Å². The van der Waals surface area contributed by atoms with E-state index in [2.05, 4.69) is 32.2 Å². The summed E-state index contributed by atoms with van der Waals surface area (Å²) in [6.07, 6.45) is 8.83. The molecule has 118 valence electrons. The van der Waals surface area contributed by atoms with Crippen LogP contribution in [0.25, 0.3) is 16.9 Å². The Bertz CT molecular complexity index is 963. The van der Waals surface area contributed by atoms with E-state index in [9.17, 15) is 0 Å². The van der Waals surface area contributed by atoms with Gasteiger partial charge in [0.1, 0.15) is 12.1 Å². The van der Waals surface area contributed by atoms with E-state index < -0.39 is 0 Å². The number of rotatable bonds is 4. The monoisotopic (exact) mass is 316 g/mol. The van der Waals surface area contributed by atoms with Crippen LogP contribution in [0.4, 0.5) is 5.82 Å². The van der Waals surface area contributed by atoms with Crippen LogP contribution in [0, 0.1) is 0 Å². The molecule has 0 radical (unpaired) electrons. The average molecular weight is 316 g/mol. The molecule has 0 aliphatic carbocycles. The highest BCUT2D eigenvalue weighted by molar-refractivity contribution is 5.76. The minimum absolute atomic E-state index is 0.0859. The normalized spacial score (nSPS) is 12.2. The number of anilines is 1. The van der Waals surface area contributed by atoms with Gasteiger partial charge in [0, 0.05) is 12.4 Å². The molecule has 0 aliphatic rings. The van der Waals surface area contributed by atoms with Gasteiger partial charge in [-0.2, -0.15) is 0 Å². The van der Waals surface area contributed by atoms with E-state index in [1.165, 1.54) is 0 Å². The van der Waals surface area contributed by atoms with Gasteiger partial charge in [0.25, 0.3) is 0 Å². The van der Waals surface area contributed by atoms with Gasteiger partial charge in [-0.05, 0) is 30.7 Å². The predicted octanol–water partition coefficient (Wildman–Crippen LogP) is 3.38. The first-order chi connectivity index (χ1) is 11.8. The third kappa shape index (κ3) is 2.69. The highest BCUT2D eigenvalue weighted by Crippen LogP contribution is 2.19. The largest absolute Gasteiger partial charge is 0.362 e. The van der Waals surface area contributed by atoms with E-state index >= 15 is 0 Å². The second-order valence-corrected chi connectivity index (χ2v) is 5.52. The molecule has 0 bridgehead atoms. The van der Waals surface area contributed by atoms with Crippen LogP contribution in [0.2, 0.25) is 0 Å². The quantitative estimate of drug-likeness (QED) is 0.625. The van der Waals surface area contributed by atoms with Crippen LogP contribution in [0.1, 0.15) is 18.5 Å². The molecule has 1 unspecified atom stereocenters. The van der Waals surface area contributed by atoms with Gasteiger partial charge in [0.15, 0.2) is 5.82 Å². The smallest absolute Gasteiger partial charge is 0.159 e. The first-order valence-electron chi connectivity index (χ1n) is 7.72. The molecule has 0 aliphatic heterocycles. The summed E-state index contributed by atoms with van der Waals surface area (Å²) < 4.78 is 1.93. The lowest BCUT2D eigenvalue weighted by atomic mass is 10.1. The minimum Gasteiger partial charge on any atom is -0.362 e. The predicted molar refractivity (Wildman–Crippen MR) is 92.9 cm³/mol. The van der Waals surface area contributed by atoms with Crippen LogP contribution in [0.3, 0.4) is 0 Å². The highest BCUT2D eigenvalue weighted by atomic mass is 15.2. The van der Waals surface area contributed by atoms with Crippen LogP contribution in [0.5, 0.6) is 0 Å². The number of aromatic nitrogens is 5. The van der Waals surface area contributed by atoms with Crippen molar-refractivity contribution in [2.24, 2.45) is 0 Å². The molecular formula is C18H16N6. The zero-order chi connectivity index (χ0) is 16.4. The molecule has 6 nitrogen and oxygen atoms in total. The Morgan fingerprint density at radius 3 is 2.79 bits per heavy atom. The van der Waals surface area contributed by atoms with Gasteiger partial charge in [-0.3, -0.25) is 14.5 Å². The summed E-state index contributed by atoms with van der Waals surface area (Å²) >= 11 is 0. The molecule has 24 heavy (non-hydrogen) atoms. The van der Waals surface area contributed by atoms with Crippen molar-refractivity contribution in [2.75, 3.05) is 5.32 Å². The molecule has 0 saturated carbocycles. The third-order valence-electron chi connectivity index (χ3n) is 3.87. The van der Waals surface area contributed by atoms with Gasteiger partial charge in [0.05, 0.1) is 29.5 Å². The summed E-state index contributed by atoms with van der Waals surface area (Å²) in [5, 5.41) is 3.36. The van der Waals surface area contributed by atoms with Crippen molar-refractivity contribution in [2.45, 2.75) is 13.0 Å². The molecule has 3 heterocycles. The summed E-state index contributed by atoms with van der Waals surface area (Å²) in [7, 11) is 0. The second kappa shape index (κ2) is 6.08. The molecule has 1 atom stereocenters. The zero-order valence-corrected chi connectivity index (χ0v) is 13.2. The molecule has 6 heteroatoms. The van der Waals surface area contributed by atoms with Gasteiger partial charge in [0.2, 0.25) is 0 Å². The van der Waals surface area contributed by atoms with Crippen molar-refractivity contribution in [3.63, 3.8) is 0 Å². The molecule has 0 saturated heterocycles. The molecule has 0 amide bonds. The molecule has 4 rings (SSSR count). The Labute approximate surface area is 139 Å². The number of hydrogen-bond donors (Lipinski definition) is 1. The first kappa shape index (κ1) is 14.3. The molecule has 0 fully saturated rings. The van der Waals surface area contributed by atoms with E-state index in [1.54, 1.807) is 24.9 Å². The molecule has 4 aromatic rings. The fraction of sp³-hybridized carbons (Fsp3) is 0.111. The van der Waals surface area contributed by atoms with Crippen molar-refractivity contribution in [3.8, 4) is 5.82 Å². The van der Waals surface area contributed by atoms with Crippen LogP contribution in [0.15, 0.2) is 67.5 Å². The highest BCUT2D eigenvalue weighted by Gasteiger charge is 2.09. The summed E-state index contributed by atoms with van der Waals surface area (Å²) in [5.74, 6) is 1.44. The van der Waals surface area contributed by atoms with E-state index in [4.69, 9.17) is 0 Å². The number of fused-ring (bicyclic) bond motifs is 1. The van der Waals surface area contributed by atoms with E-state index in [1.807, 2.05) is 47.2 Å². The van der Waals surface area contributed by atoms with Crippen molar-refractivity contribution >= 4 is 16.9 Å². The lowest BCUT2D eigenvalue weighted by Crippen LogP contribution is -2.09.